The number of fused-ring (bicyclic) bond motifs is 3. The standard InChI is InChI=1S/C24H29FN4O4/c1-14-9-21-19(22-20(23(30)27-21)11-26-29(22)16-5-8-32-13-16)10-18(14)24(31)28-6-3-17(4-7-28)33-12-15(2)25/h9-11,15-18H,3-8,12-13H2,1-2H3/t15-,16-,18?/m0/s1. The van der Waals surface area contributed by atoms with Gasteiger partial charge < -0.3 is 14.4 Å². The van der Waals surface area contributed by atoms with Crippen molar-refractivity contribution in [2.75, 3.05) is 32.9 Å². The van der Waals surface area contributed by atoms with Crippen LogP contribution in [0.25, 0.3) is 5.57 Å². The second-order valence-electron chi connectivity index (χ2n) is 9.26. The number of likely N-dealkylation sites (tertiary alicyclic amines) is 1. The molecule has 2 fully saturated rings. The molecule has 3 atom stereocenters. The average Bonchev–Trinajstić information content (AvgIpc) is 3.47. The summed E-state index contributed by atoms with van der Waals surface area (Å²) in [7, 11) is 0. The van der Waals surface area contributed by atoms with Gasteiger partial charge in [-0.1, -0.05) is 11.6 Å². The fraction of sp³-hybridized carbons (Fsp3) is 0.583. The molecule has 1 aliphatic carbocycles. The lowest BCUT2D eigenvalue weighted by Gasteiger charge is -2.35. The molecule has 1 aromatic heterocycles. The topological polar surface area (TPSA) is 86.0 Å². The van der Waals surface area contributed by atoms with Crippen molar-refractivity contribution in [2.45, 2.75) is 51.4 Å². The molecule has 0 saturated carbocycles. The predicted octanol–water partition coefficient (Wildman–Crippen LogP) is 2.76. The summed E-state index contributed by atoms with van der Waals surface area (Å²) in [5.74, 6) is -0.700. The number of allylic oxidation sites excluding steroid dienone is 2. The SMILES string of the molecule is CC1=CC2=NC(=O)c3cnn([C@H]4CCOC4)c3C2=CC1C(=O)N1CCC(OC[C@H](C)F)CC1. The highest BCUT2D eigenvalue weighted by Gasteiger charge is 2.37. The molecule has 8 nitrogen and oxygen atoms in total. The third-order valence-electron chi connectivity index (χ3n) is 6.80. The Hall–Kier alpha value is -2.65. The van der Waals surface area contributed by atoms with Gasteiger partial charge in [0.25, 0.3) is 5.91 Å². The predicted molar refractivity (Wildman–Crippen MR) is 120 cm³/mol. The number of hydrogen-bond donors (Lipinski definition) is 0. The molecular weight excluding hydrogens is 427 g/mol. The van der Waals surface area contributed by atoms with Gasteiger partial charge in [0.05, 0.1) is 54.4 Å². The molecule has 3 aliphatic heterocycles. The molecule has 0 N–H and O–H groups in total. The van der Waals surface area contributed by atoms with Gasteiger partial charge in [-0.25, -0.2) is 9.38 Å². The number of aliphatic imine (C=N–C) groups is 1. The normalized spacial score (nSPS) is 26.3. The minimum absolute atomic E-state index is 0.0118. The number of carbonyl (C=O) groups is 2. The Labute approximate surface area is 192 Å². The van der Waals surface area contributed by atoms with Crippen molar-refractivity contribution in [2.24, 2.45) is 10.9 Å². The number of halogens is 1. The number of rotatable bonds is 5. The molecule has 5 rings (SSSR count). The van der Waals surface area contributed by atoms with E-state index < -0.39 is 12.1 Å². The minimum Gasteiger partial charge on any atom is -0.379 e. The number of nitrogens with zero attached hydrogens (tertiary/aromatic N) is 4. The van der Waals surface area contributed by atoms with Crippen LogP contribution in [0.3, 0.4) is 0 Å². The van der Waals surface area contributed by atoms with E-state index in [1.807, 2.05) is 28.7 Å². The maximum absolute atomic E-state index is 13.5. The van der Waals surface area contributed by atoms with E-state index >= 15 is 0 Å². The largest absolute Gasteiger partial charge is 0.379 e. The third-order valence-corrected chi connectivity index (χ3v) is 6.80. The molecule has 4 heterocycles. The van der Waals surface area contributed by atoms with Crippen molar-refractivity contribution in [3.8, 4) is 0 Å². The maximum atomic E-state index is 13.5. The molecule has 0 spiro atoms. The lowest BCUT2D eigenvalue weighted by molar-refractivity contribution is -0.135. The number of hydrogen-bond acceptors (Lipinski definition) is 5. The Morgan fingerprint density at radius 1 is 1.33 bits per heavy atom. The first-order valence-electron chi connectivity index (χ1n) is 11.7. The molecule has 1 aromatic rings. The maximum Gasteiger partial charge on any atom is 0.281 e. The van der Waals surface area contributed by atoms with Crippen molar-refractivity contribution < 1.29 is 23.5 Å². The van der Waals surface area contributed by atoms with E-state index in [4.69, 9.17) is 9.47 Å². The quantitative estimate of drug-likeness (QED) is 0.680. The van der Waals surface area contributed by atoms with Crippen molar-refractivity contribution in [1.29, 1.82) is 0 Å². The van der Waals surface area contributed by atoms with Crippen LogP contribution in [0.2, 0.25) is 0 Å². The summed E-state index contributed by atoms with van der Waals surface area (Å²) in [6.45, 7) is 5.86. The van der Waals surface area contributed by atoms with Gasteiger partial charge in [0, 0.05) is 25.3 Å². The summed E-state index contributed by atoms with van der Waals surface area (Å²) < 4.78 is 26.1. The lowest BCUT2D eigenvalue weighted by atomic mass is 9.84. The van der Waals surface area contributed by atoms with Gasteiger partial charge in [-0.3, -0.25) is 14.3 Å². The Morgan fingerprint density at radius 2 is 2.12 bits per heavy atom. The molecular formula is C24H29FN4O4. The summed E-state index contributed by atoms with van der Waals surface area (Å²) >= 11 is 0. The second kappa shape index (κ2) is 8.95. The molecule has 2 amide bonds. The molecule has 2 saturated heterocycles. The van der Waals surface area contributed by atoms with E-state index in [1.54, 1.807) is 6.20 Å². The van der Waals surface area contributed by atoms with Crippen molar-refractivity contribution >= 4 is 23.1 Å². The number of carbonyl (C=O) groups excluding carboxylic acids is 2. The number of alkyl halides is 1. The van der Waals surface area contributed by atoms with E-state index in [9.17, 15) is 14.0 Å². The zero-order valence-electron chi connectivity index (χ0n) is 19.0. The van der Waals surface area contributed by atoms with Crippen LogP contribution >= 0.6 is 0 Å². The first kappa shape index (κ1) is 22.2. The number of piperidine rings is 1. The molecule has 33 heavy (non-hydrogen) atoms. The summed E-state index contributed by atoms with van der Waals surface area (Å²) in [4.78, 5) is 32.2. The average molecular weight is 457 g/mol. The molecule has 0 aromatic carbocycles. The first-order valence-corrected chi connectivity index (χ1v) is 11.7. The monoisotopic (exact) mass is 456 g/mol. The smallest absolute Gasteiger partial charge is 0.281 e. The van der Waals surface area contributed by atoms with Gasteiger partial charge in [-0.15, -0.1) is 0 Å². The van der Waals surface area contributed by atoms with Crippen LogP contribution < -0.4 is 0 Å². The molecule has 0 bridgehead atoms. The fourth-order valence-electron chi connectivity index (χ4n) is 4.98. The van der Waals surface area contributed by atoms with Crippen LogP contribution in [0.5, 0.6) is 0 Å². The highest BCUT2D eigenvalue weighted by atomic mass is 19.1. The highest BCUT2D eigenvalue weighted by molar-refractivity contribution is 6.36. The highest BCUT2D eigenvalue weighted by Crippen LogP contribution is 2.36. The van der Waals surface area contributed by atoms with E-state index in [0.717, 1.165) is 23.3 Å². The van der Waals surface area contributed by atoms with Gasteiger partial charge in [0.1, 0.15) is 6.17 Å². The van der Waals surface area contributed by atoms with Crippen LogP contribution in [0.15, 0.2) is 28.9 Å². The number of amides is 2. The summed E-state index contributed by atoms with van der Waals surface area (Å²) in [6, 6.07) is 0.0639. The van der Waals surface area contributed by atoms with E-state index in [1.165, 1.54) is 6.92 Å². The van der Waals surface area contributed by atoms with Gasteiger partial charge in [-0.2, -0.15) is 5.10 Å². The Bertz CT molecular complexity index is 1040. The van der Waals surface area contributed by atoms with Crippen molar-refractivity contribution in [3.63, 3.8) is 0 Å². The van der Waals surface area contributed by atoms with Crippen LogP contribution in [-0.2, 0) is 14.3 Å². The molecule has 4 aliphatic rings. The molecule has 0 radical (unpaired) electrons. The van der Waals surface area contributed by atoms with Gasteiger partial charge in [0.15, 0.2) is 0 Å². The molecule has 9 heteroatoms. The zero-order valence-corrected chi connectivity index (χ0v) is 19.0. The van der Waals surface area contributed by atoms with Crippen LogP contribution in [0, 0.1) is 5.92 Å². The summed E-state index contributed by atoms with van der Waals surface area (Å²) in [6.07, 6.45) is 6.58. The van der Waals surface area contributed by atoms with Crippen LogP contribution in [-0.4, -0.2) is 77.4 Å². The van der Waals surface area contributed by atoms with E-state index in [0.29, 0.717) is 50.4 Å². The number of aromatic nitrogens is 2. The van der Waals surface area contributed by atoms with Crippen LogP contribution in [0.4, 0.5) is 4.39 Å². The second-order valence-corrected chi connectivity index (χ2v) is 9.26. The van der Waals surface area contributed by atoms with Gasteiger partial charge in [-0.05, 0) is 39.2 Å². The van der Waals surface area contributed by atoms with Crippen LogP contribution in [0.1, 0.15) is 55.2 Å². The van der Waals surface area contributed by atoms with Crippen molar-refractivity contribution in [3.05, 3.63) is 35.2 Å². The fourth-order valence-corrected chi connectivity index (χ4v) is 4.98. The van der Waals surface area contributed by atoms with E-state index in [2.05, 4.69) is 10.1 Å². The summed E-state index contributed by atoms with van der Waals surface area (Å²) in [5.41, 5.74) is 3.43. The van der Waals surface area contributed by atoms with E-state index in [-0.39, 0.29) is 30.6 Å². The van der Waals surface area contributed by atoms with Gasteiger partial charge >= 0.3 is 0 Å². The van der Waals surface area contributed by atoms with Gasteiger partial charge in [0.2, 0.25) is 5.91 Å². The summed E-state index contributed by atoms with van der Waals surface area (Å²) in [5, 5.41) is 4.48. The van der Waals surface area contributed by atoms with Crippen molar-refractivity contribution in [1.82, 2.24) is 14.7 Å². The minimum atomic E-state index is -0.987. The number of ether oxygens (including phenoxy) is 2. The Balaban J connectivity index is 1.38. The molecule has 176 valence electrons. The first-order chi connectivity index (χ1) is 15.9. The lowest BCUT2D eigenvalue weighted by Crippen LogP contribution is -2.44. The Kier molecular flexibility index (Phi) is 6.01. The zero-order chi connectivity index (χ0) is 23.1. The third kappa shape index (κ3) is 4.19. The Morgan fingerprint density at radius 3 is 2.82 bits per heavy atom. The molecule has 1 unspecified atom stereocenters.